The van der Waals surface area contributed by atoms with Gasteiger partial charge in [0.25, 0.3) is 5.69 Å². The van der Waals surface area contributed by atoms with Crippen LogP contribution in [-0.4, -0.2) is 38.9 Å². The summed E-state index contributed by atoms with van der Waals surface area (Å²) in [7, 11) is -0.462. The highest BCUT2D eigenvalue weighted by atomic mass is 35.5. The molecule has 0 spiro atoms. The van der Waals surface area contributed by atoms with Crippen LogP contribution in [0.1, 0.15) is 11.8 Å². The fraction of sp³-hybridized carbons (Fsp3) is 0.286. The standard InChI is InChI=1S/C14H16ClN3O5S.ClH/c1-17(2)12(13-4-3-7-23-13)9-16-24(21,22)14-8-10(18(19)20)5-6-11(14)15;/h3-8,12,16H,9H2,1-2H3;1H. The monoisotopic (exact) mass is 409 g/mol. The Morgan fingerprint density at radius 2 is 2.04 bits per heavy atom. The molecule has 138 valence electrons. The third kappa shape index (κ3) is 5.16. The second-order valence-electron chi connectivity index (χ2n) is 5.22. The van der Waals surface area contributed by atoms with Crippen molar-refractivity contribution in [1.29, 1.82) is 0 Å². The number of halogens is 2. The van der Waals surface area contributed by atoms with Crippen molar-refractivity contribution in [3.05, 3.63) is 57.5 Å². The van der Waals surface area contributed by atoms with Crippen molar-refractivity contribution in [2.45, 2.75) is 10.9 Å². The topological polar surface area (TPSA) is 106 Å². The SMILES string of the molecule is CN(C)C(CNS(=O)(=O)c1cc([N+](=O)[O-])ccc1Cl)c1ccco1.Cl. The first-order valence-corrected chi connectivity index (χ1v) is 8.72. The lowest BCUT2D eigenvalue weighted by atomic mass is 10.2. The van der Waals surface area contributed by atoms with Crippen molar-refractivity contribution in [1.82, 2.24) is 9.62 Å². The summed E-state index contributed by atoms with van der Waals surface area (Å²) in [6, 6.07) is 6.36. The largest absolute Gasteiger partial charge is 0.468 e. The van der Waals surface area contributed by atoms with Crippen LogP contribution in [0.3, 0.4) is 0 Å². The first-order valence-electron chi connectivity index (χ1n) is 6.86. The van der Waals surface area contributed by atoms with Crippen LogP contribution in [0.4, 0.5) is 5.69 Å². The van der Waals surface area contributed by atoms with Gasteiger partial charge in [-0.05, 0) is 32.3 Å². The molecule has 11 heteroatoms. The summed E-state index contributed by atoms with van der Waals surface area (Å²) in [6.45, 7) is 0.0157. The van der Waals surface area contributed by atoms with Gasteiger partial charge in [0.1, 0.15) is 10.7 Å². The number of likely N-dealkylation sites (N-methyl/N-ethyl adjacent to an activating group) is 1. The summed E-state index contributed by atoms with van der Waals surface area (Å²) in [5, 5.41) is 10.7. The zero-order valence-corrected chi connectivity index (χ0v) is 15.8. The molecule has 2 aromatic rings. The summed E-state index contributed by atoms with van der Waals surface area (Å²) in [4.78, 5) is 11.6. The Labute approximate surface area is 156 Å². The van der Waals surface area contributed by atoms with Gasteiger partial charge in [-0.15, -0.1) is 12.4 Å². The Morgan fingerprint density at radius 3 is 2.56 bits per heavy atom. The number of hydrogen-bond donors (Lipinski definition) is 1. The van der Waals surface area contributed by atoms with E-state index in [1.807, 2.05) is 0 Å². The molecule has 0 amide bonds. The fourth-order valence-corrected chi connectivity index (χ4v) is 3.65. The number of rotatable bonds is 7. The number of furan rings is 1. The molecule has 1 atom stereocenters. The number of nitrogens with one attached hydrogen (secondary N) is 1. The highest BCUT2D eigenvalue weighted by molar-refractivity contribution is 7.89. The van der Waals surface area contributed by atoms with Gasteiger partial charge in [-0.1, -0.05) is 11.6 Å². The molecule has 0 saturated carbocycles. The van der Waals surface area contributed by atoms with E-state index in [0.29, 0.717) is 5.76 Å². The van der Waals surface area contributed by atoms with Crippen LogP contribution in [0.25, 0.3) is 0 Å². The molecular weight excluding hydrogens is 393 g/mol. The van der Waals surface area contributed by atoms with E-state index in [0.717, 1.165) is 12.1 Å². The van der Waals surface area contributed by atoms with E-state index in [-0.39, 0.29) is 40.6 Å². The van der Waals surface area contributed by atoms with E-state index in [1.54, 1.807) is 31.1 Å². The summed E-state index contributed by atoms with van der Waals surface area (Å²) in [5.74, 6) is 0.591. The fourth-order valence-electron chi connectivity index (χ4n) is 2.10. The van der Waals surface area contributed by atoms with Gasteiger partial charge in [-0.2, -0.15) is 0 Å². The summed E-state index contributed by atoms with van der Waals surface area (Å²) in [6.07, 6.45) is 1.50. The molecule has 1 heterocycles. The van der Waals surface area contributed by atoms with Gasteiger partial charge in [0.05, 0.1) is 22.3 Å². The average Bonchev–Trinajstić information content (AvgIpc) is 3.01. The molecule has 25 heavy (non-hydrogen) atoms. The van der Waals surface area contributed by atoms with Crippen molar-refractivity contribution in [3.63, 3.8) is 0 Å². The van der Waals surface area contributed by atoms with Crippen molar-refractivity contribution < 1.29 is 17.8 Å². The molecular formula is C14H17Cl2N3O5S. The van der Waals surface area contributed by atoms with E-state index in [1.165, 1.54) is 12.3 Å². The maximum atomic E-state index is 12.5. The maximum absolute atomic E-state index is 12.5. The Hall–Kier alpha value is -1.65. The quantitative estimate of drug-likeness (QED) is 0.556. The Balaban J connectivity index is 0.00000312. The number of non-ortho nitro benzene ring substituents is 1. The molecule has 8 nitrogen and oxygen atoms in total. The van der Waals surface area contributed by atoms with E-state index >= 15 is 0 Å². The Morgan fingerprint density at radius 1 is 1.36 bits per heavy atom. The van der Waals surface area contributed by atoms with E-state index in [9.17, 15) is 18.5 Å². The van der Waals surface area contributed by atoms with Crippen molar-refractivity contribution in [2.24, 2.45) is 0 Å². The van der Waals surface area contributed by atoms with E-state index in [2.05, 4.69) is 4.72 Å². The molecule has 0 bridgehead atoms. The highest BCUT2D eigenvalue weighted by Crippen LogP contribution is 2.26. The smallest absolute Gasteiger partial charge is 0.270 e. The van der Waals surface area contributed by atoms with Crippen molar-refractivity contribution in [3.8, 4) is 0 Å². The summed E-state index contributed by atoms with van der Waals surface area (Å²) >= 11 is 5.89. The lowest BCUT2D eigenvalue weighted by Gasteiger charge is -2.22. The molecule has 0 radical (unpaired) electrons. The zero-order valence-electron chi connectivity index (χ0n) is 13.4. The second kappa shape index (κ2) is 8.63. The van der Waals surface area contributed by atoms with Gasteiger partial charge in [0.2, 0.25) is 10.0 Å². The Bertz CT molecular complexity index is 825. The van der Waals surface area contributed by atoms with Crippen LogP contribution in [-0.2, 0) is 10.0 Å². The number of hydrogen-bond acceptors (Lipinski definition) is 6. The van der Waals surface area contributed by atoms with Gasteiger partial charge < -0.3 is 4.42 Å². The molecule has 0 saturated heterocycles. The first kappa shape index (κ1) is 21.4. The van der Waals surface area contributed by atoms with Crippen LogP contribution >= 0.6 is 24.0 Å². The molecule has 0 aliphatic rings. The zero-order chi connectivity index (χ0) is 17.9. The van der Waals surface area contributed by atoms with Gasteiger partial charge in [-0.3, -0.25) is 15.0 Å². The number of sulfonamides is 1. The minimum atomic E-state index is -4.02. The maximum Gasteiger partial charge on any atom is 0.270 e. The van der Waals surface area contributed by atoms with Crippen LogP contribution < -0.4 is 4.72 Å². The van der Waals surface area contributed by atoms with E-state index < -0.39 is 14.9 Å². The minimum absolute atomic E-state index is 0. The highest BCUT2D eigenvalue weighted by Gasteiger charge is 2.24. The predicted molar refractivity (Wildman–Crippen MR) is 95.7 cm³/mol. The van der Waals surface area contributed by atoms with Crippen LogP contribution in [0.2, 0.25) is 5.02 Å². The average molecular weight is 410 g/mol. The lowest BCUT2D eigenvalue weighted by Crippen LogP contribution is -2.34. The summed E-state index contributed by atoms with van der Waals surface area (Å²) in [5.41, 5.74) is -0.352. The number of nitrogens with zero attached hydrogens (tertiary/aromatic N) is 2. The van der Waals surface area contributed by atoms with Crippen molar-refractivity contribution >= 4 is 39.7 Å². The van der Waals surface area contributed by atoms with Crippen molar-refractivity contribution in [2.75, 3.05) is 20.6 Å². The van der Waals surface area contributed by atoms with Crippen LogP contribution in [0.15, 0.2) is 45.9 Å². The minimum Gasteiger partial charge on any atom is -0.468 e. The molecule has 1 aromatic carbocycles. The molecule has 1 unspecified atom stereocenters. The molecule has 0 aliphatic carbocycles. The summed E-state index contributed by atoms with van der Waals surface area (Å²) < 4.78 is 32.6. The van der Waals surface area contributed by atoms with Crippen LogP contribution in [0.5, 0.6) is 0 Å². The van der Waals surface area contributed by atoms with Gasteiger partial charge in [0.15, 0.2) is 0 Å². The van der Waals surface area contributed by atoms with Gasteiger partial charge in [0, 0.05) is 18.7 Å². The molecule has 0 fully saturated rings. The number of benzene rings is 1. The number of nitro benzene ring substituents is 1. The van der Waals surface area contributed by atoms with Gasteiger partial charge in [-0.25, -0.2) is 13.1 Å². The lowest BCUT2D eigenvalue weighted by molar-refractivity contribution is -0.385. The van der Waals surface area contributed by atoms with E-state index in [4.69, 9.17) is 16.0 Å². The normalized spacial score (nSPS) is 12.6. The molecule has 2 rings (SSSR count). The second-order valence-corrected chi connectivity index (χ2v) is 7.36. The molecule has 1 aromatic heterocycles. The third-order valence-electron chi connectivity index (χ3n) is 3.38. The first-order chi connectivity index (χ1) is 11.2. The van der Waals surface area contributed by atoms with Gasteiger partial charge >= 0.3 is 0 Å². The molecule has 0 aliphatic heterocycles. The Kier molecular flexibility index (Phi) is 7.39. The van der Waals surface area contributed by atoms with Crippen LogP contribution in [0, 0.1) is 10.1 Å². The number of nitro groups is 1. The predicted octanol–water partition coefficient (Wildman–Crippen LogP) is 2.84. The molecule has 1 N–H and O–H groups in total. The third-order valence-corrected chi connectivity index (χ3v) is 5.28.